The average molecular weight is 540 g/mol. The van der Waals surface area contributed by atoms with Crippen molar-refractivity contribution in [1.29, 1.82) is 0 Å². The predicted octanol–water partition coefficient (Wildman–Crippen LogP) is 3.17. The number of hydrogen-bond donors (Lipinski definition) is 1. The van der Waals surface area contributed by atoms with Crippen LogP contribution >= 0.6 is 15.9 Å². The zero-order valence-electron chi connectivity index (χ0n) is 19.4. The largest absolute Gasteiger partial charge is 0.497 e. The van der Waals surface area contributed by atoms with Crippen LogP contribution in [0.5, 0.6) is 5.75 Å². The molecule has 2 aromatic rings. The number of hydrogen-bond acceptors (Lipinski definition) is 5. The lowest BCUT2D eigenvalue weighted by atomic mass is 10.1. The van der Waals surface area contributed by atoms with Gasteiger partial charge in [-0.1, -0.05) is 24.3 Å². The first-order valence-electron chi connectivity index (χ1n) is 10.4. The Balaban J connectivity index is 2.42. The second-order valence-electron chi connectivity index (χ2n) is 7.93. The highest BCUT2D eigenvalue weighted by atomic mass is 79.9. The number of amides is 2. The van der Waals surface area contributed by atoms with Gasteiger partial charge in [0.25, 0.3) is 0 Å². The van der Waals surface area contributed by atoms with E-state index >= 15 is 0 Å². The number of nitrogens with zero attached hydrogens (tertiary/aromatic N) is 2. The minimum Gasteiger partial charge on any atom is -0.497 e. The molecule has 1 atom stereocenters. The monoisotopic (exact) mass is 539 g/mol. The molecule has 2 rings (SSSR count). The number of anilines is 1. The van der Waals surface area contributed by atoms with E-state index in [0.717, 1.165) is 16.1 Å². The summed E-state index contributed by atoms with van der Waals surface area (Å²) in [4.78, 5) is 27.6. The van der Waals surface area contributed by atoms with E-state index in [1.54, 1.807) is 56.5 Å². The Morgan fingerprint density at radius 2 is 1.76 bits per heavy atom. The molecule has 1 N–H and O–H groups in total. The van der Waals surface area contributed by atoms with Gasteiger partial charge in [0.2, 0.25) is 21.8 Å². The first-order chi connectivity index (χ1) is 15.4. The molecule has 0 saturated heterocycles. The molecule has 2 aromatic carbocycles. The number of carbonyl (C=O) groups is 2. The fraction of sp³-hybridized carbons (Fsp3) is 0.391. The van der Waals surface area contributed by atoms with Crippen LogP contribution in [0.3, 0.4) is 0 Å². The predicted molar refractivity (Wildman–Crippen MR) is 133 cm³/mol. The highest BCUT2D eigenvalue weighted by Gasteiger charge is 2.30. The molecule has 0 heterocycles. The molecule has 8 nitrogen and oxygen atoms in total. The van der Waals surface area contributed by atoms with Gasteiger partial charge in [-0.3, -0.25) is 13.9 Å². The van der Waals surface area contributed by atoms with Gasteiger partial charge in [0.15, 0.2) is 0 Å². The van der Waals surface area contributed by atoms with Crippen LogP contribution in [0.1, 0.15) is 26.3 Å². The lowest BCUT2D eigenvalue weighted by Crippen LogP contribution is -2.52. The topological polar surface area (TPSA) is 96.0 Å². The fourth-order valence-electron chi connectivity index (χ4n) is 3.20. The Hall–Kier alpha value is -2.59. The van der Waals surface area contributed by atoms with E-state index in [4.69, 9.17) is 4.74 Å². The molecule has 0 fully saturated rings. The zero-order valence-corrected chi connectivity index (χ0v) is 21.8. The summed E-state index contributed by atoms with van der Waals surface area (Å²) in [6, 6.07) is 13.0. The number of methoxy groups -OCH3 is 1. The summed E-state index contributed by atoms with van der Waals surface area (Å²) in [5.74, 6) is -0.219. The highest BCUT2D eigenvalue weighted by Crippen LogP contribution is 2.28. The van der Waals surface area contributed by atoms with Gasteiger partial charge in [0.05, 0.1) is 19.1 Å². The molecule has 0 aliphatic heterocycles. The Kier molecular flexibility index (Phi) is 9.30. The van der Waals surface area contributed by atoms with Crippen molar-refractivity contribution in [2.75, 3.05) is 24.2 Å². The third-order valence-corrected chi connectivity index (χ3v) is 6.68. The molecule has 0 saturated carbocycles. The van der Waals surface area contributed by atoms with Crippen molar-refractivity contribution in [3.8, 4) is 5.75 Å². The second kappa shape index (κ2) is 11.5. The SMILES string of the molecule is COc1cccc(CN(C(=O)CN(c2ccccc2Br)S(C)(=O)=O)[C@@H](C)C(=O)NC(C)C)c1. The smallest absolute Gasteiger partial charge is 0.244 e. The molecule has 2 amide bonds. The van der Waals surface area contributed by atoms with Crippen LogP contribution in [-0.2, 0) is 26.2 Å². The van der Waals surface area contributed by atoms with Gasteiger partial charge in [-0.05, 0) is 66.5 Å². The van der Waals surface area contributed by atoms with Gasteiger partial charge in [-0.25, -0.2) is 8.42 Å². The van der Waals surface area contributed by atoms with Crippen LogP contribution < -0.4 is 14.4 Å². The standard InChI is InChI=1S/C23H30BrN3O5S/c1-16(2)25-23(29)17(3)26(14-18-9-8-10-19(13-18)32-4)22(28)15-27(33(5,30)31)21-12-7-6-11-20(21)24/h6-13,16-17H,14-15H2,1-5H3,(H,25,29)/t17-/m0/s1. The van der Waals surface area contributed by atoms with E-state index in [1.165, 1.54) is 4.90 Å². The molecule has 0 bridgehead atoms. The molecule has 0 aliphatic rings. The number of rotatable bonds is 10. The quantitative estimate of drug-likeness (QED) is 0.500. The van der Waals surface area contributed by atoms with Crippen molar-refractivity contribution in [1.82, 2.24) is 10.2 Å². The van der Waals surface area contributed by atoms with E-state index in [9.17, 15) is 18.0 Å². The maximum atomic E-state index is 13.5. The van der Waals surface area contributed by atoms with Gasteiger partial charge in [0, 0.05) is 17.1 Å². The number of para-hydroxylation sites is 1. The van der Waals surface area contributed by atoms with Crippen LogP contribution in [0.4, 0.5) is 5.69 Å². The van der Waals surface area contributed by atoms with E-state index in [1.807, 2.05) is 19.9 Å². The normalized spacial score (nSPS) is 12.2. The third kappa shape index (κ3) is 7.46. The number of ether oxygens (including phenoxy) is 1. The Morgan fingerprint density at radius 1 is 1.09 bits per heavy atom. The van der Waals surface area contributed by atoms with E-state index in [2.05, 4.69) is 21.2 Å². The minimum atomic E-state index is -3.78. The lowest BCUT2D eigenvalue weighted by Gasteiger charge is -2.32. The van der Waals surface area contributed by atoms with Crippen molar-refractivity contribution in [3.63, 3.8) is 0 Å². The molecule has 10 heteroatoms. The van der Waals surface area contributed by atoms with Crippen LogP contribution in [0.15, 0.2) is 53.0 Å². The van der Waals surface area contributed by atoms with Crippen LogP contribution in [0, 0.1) is 0 Å². The summed E-state index contributed by atoms with van der Waals surface area (Å²) in [7, 11) is -2.24. The van der Waals surface area contributed by atoms with Crippen molar-refractivity contribution < 1.29 is 22.7 Å². The molecule has 33 heavy (non-hydrogen) atoms. The number of carbonyl (C=O) groups excluding carboxylic acids is 2. The maximum Gasteiger partial charge on any atom is 0.244 e. The van der Waals surface area contributed by atoms with E-state index < -0.39 is 28.5 Å². The third-order valence-electron chi connectivity index (χ3n) is 4.89. The molecule has 0 spiro atoms. The summed E-state index contributed by atoms with van der Waals surface area (Å²) in [6.45, 7) is 4.94. The van der Waals surface area contributed by atoms with Gasteiger partial charge >= 0.3 is 0 Å². The maximum absolute atomic E-state index is 13.5. The number of nitrogens with one attached hydrogen (secondary N) is 1. The highest BCUT2D eigenvalue weighted by molar-refractivity contribution is 9.10. The molecule has 180 valence electrons. The number of halogens is 1. The first kappa shape index (κ1) is 26.7. The van der Waals surface area contributed by atoms with Crippen LogP contribution in [0.25, 0.3) is 0 Å². The summed E-state index contributed by atoms with van der Waals surface area (Å²) in [5, 5.41) is 2.81. The molecule has 0 aliphatic carbocycles. The van der Waals surface area contributed by atoms with Gasteiger partial charge in [0.1, 0.15) is 18.3 Å². The molecule has 0 unspecified atom stereocenters. The molecular weight excluding hydrogens is 510 g/mol. The number of benzene rings is 2. The number of sulfonamides is 1. The summed E-state index contributed by atoms with van der Waals surface area (Å²) in [6.07, 6.45) is 1.04. The van der Waals surface area contributed by atoms with Gasteiger partial charge in [-0.15, -0.1) is 0 Å². The van der Waals surface area contributed by atoms with Gasteiger partial charge < -0.3 is 15.0 Å². The van der Waals surface area contributed by atoms with Crippen molar-refractivity contribution >= 4 is 43.5 Å². The van der Waals surface area contributed by atoms with Crippen molar-refractivity contribution in [3.05, 3.63) is 58.6 Å². The summed E-state index contributed by atoms with van der Waals surface area (Å²) in [5.41, 5.74) is 1.09. The van der Waals surface area contributed by atoms with E-state index in [0.29, 0.717) is 15.9 Å². The lowest BCUT2D eigenvalue weighted by molar-refractivity contribution is -0.139. The van der Waals surface area contributed by atoms with Crippen LogP contribution in [-0.4, -0.2) is 57.1 Å². The Bertz CT molecular complexity index is 1090. The summed E-state index contributed by atoms with van der Waals surface area (Å²) < 4.78 is 32.0. The molecule has 0 aromatic heterocycles. The van der Waals surface area contributed by atoms with E-state index in [-0.39, 0.29) is 18.5 Å². The van der Waals surface area contributed by atoms with Crippen LogP contribution in [0.2, 0.25) is 0 Å². The second-order valence-corrected chi connectivity index (χ2v) is 10.7. The Labute approximate surface area is 204 Å². The average Bonchev–Trinajstić information content (AvgIpc) is 2.74. The molecular formula is C23H30BrN3O5S. The minimum absolute atomic E-state index is 0.107. The summed E-state index contributed by atoms with van der Waals surface area (Å²) >= 11 is 3.36. The first-order valence-corrected chi connectivity index (χ1v) is 13.0. The fourth-order valence-corrected chi connectivity index (χ4v) is 4.68. The van der Waals surface area contributed by atoms with Gasteiger partial charge in [-0.2, -0.15) is 0 Å². The van der Waals surface area contributed by atoms with Crippen molar-refractivity contribution in [2.24, 2.45) is 0 Å². The molecule has 0 radical (unpaired) electrons. The zero-order chi connectivity index (χ0) is 24.8. The Morgan fingerprint density at radius 3 is 2.33 bits per heavy atom. The van der Waals surface area contributed by atoms with Crippen molar-refractivity contribution in [2.45, 2.75) is 39.4 Å².